The summed E-state index contributed by atoms with van der Waals surface area (Å²) in [5, 5.41) is 9.33. The number of aliphatic hydroxyl groups excluding tert-OH is 1. The predicted octanol–water partition coefficient (Wildman–Crippen LogP) is 2.19. The van der Waals surface area contributed by atoms with E-state index in [0.29, 0.717) is 18.4 Å². The van der Waals surface area contributed by atoms with E-state index in [4.69, 9.17) is 4.42 Å². The third-order valence-corrected chi connectivity index (χ3v) is 3.68. The minimum Gasteiger partial charge on any atom is -0.445 e. The summed E-state index contributed by atoms with van der Waals surface area (Å²) >= 11 is 0. The summed E-state index contributed by atoms with van der Waals surface area (Å²) in [6, 6.07) is 0.626. The summed E-state index contributed by atoms with van der Waals surface area (Å²) in [5.41, 5.74) is 0. The minimum absolute atomic E-state index is 0.367. The van der Waals surface area contributed by atoms with Gasteiger partial charge in [-0.2, -0.15) is 0 Å². The van der Waals surface area contributed by atoms with Gasteiger partial charge >= 0.3 is 0 Å². The first-order valence-electron chi connectivity index (χ1n) is 6.93. The minimum atomic E-state index is -0.367. The lowest BCUT2D eigenvalue weighted by atomic mass is 9.96. The van der Waals surface area contributed by atoms with Crippen LogP contribution < -0.4 is 0 Å². The van der Waals surface area contributed by atoms with Gasteiger partial charge < -0.3 is 14.4 Å². The third kappa shape index (κ3) is 3.33. The summed E-state index contributed by atoms with van der Waals surface area (Å²) in [6.07, 6.45) is 4.18. The Labute approximate surface area is 109 Å². The maximum absolute atomic E-state index is 9.33. The molecule has 4 heteroatoms. The molecule has 1 saturated heterocycles. The maximum Gasteiger partial charge on any atom is 0.197 e. The van der Waals surface area contributed by atoms with E-state index in [9.17, 15) is 5.11 Å². The molecular weight excluding hydrogens is 228 g/mol. The molecule has 1 N–H and O–H groups in total. The SMILES string of the molecule is CC(O)Cc1cnc(C2CCN(C(C)C)CC2)o1. The van der Waals surface area contributed by atoms with Gasteiger partial charge in [0.05, 0.1) is 12.3 Å². The second-order valence-corrected chi connectivity index (χ2v) is 5.62. The summed E-state index contributed by atoms with van der Waals surface area (Å²) < 4.78 is 5.74. The fraction of sp³-hybridized carbons (Fsp3) is 0.786. The van der Waals surface area contributed by atoms with Crippen LogP contribution in [0.3, 0.4) is 0 Å². The van der Waals surface area contributed by atoms with Gasteiger partial charge in [-0.1, -0.05) is 0 Å². The largest absolute Gasteiger partial charge is 0.445 e. The van der Waals surface area contributed by atoms with Crippen molar-refractivity contribution in [2.24, 2.45) is 0 Å². The van der Waals surface area contributed by atoms with Crippen molar-refractivity contribution in [2.75, 3.05) is 13.1 Å². The van der Waals surface area contributed by atoms with Gasteiger partial charge in [-0.25, -0.2) is 4.98 Å². The van der Waals surface area contributed by atoms with Gasteiger partial charge in [-0.15, -0.1) is 0 Å². The Morgan fingerprint density at radius 1 is 1.39 bits per heavy atom. The van der Waals surface area contributed by atoms with Crippen LogP contribution in [0.4, 0.5) is 0 Å². The van der Waals surface area contributed by atoms with Crippen LogP contribution in [-0.4, -0.2) is 40.2 Å². The Morgan fingerprint density at radius 2 is 2.06 bits per heavy atom. The molecule has 18 heavy (non-hydrogen) atoms. The van der Waals surface area contributed by atoms with Crippen LogP contribution in [-0.2, 0) is 6.42 Å². The topological polar surface area (TPSA) is 49.5 Å². The molecule has 1 fully saturated rings. The van der Waals surface area contributed by atoms with E-state index >= 15 is 0 Å². The highest BCUT2D eigenvalue weighted by atomic mass is 16.4. The summed E-state index contributed by atoms with van der Waals surface area (Å²) in [7, 11) is 0. The molecule has 1 aliphatic heterocycles. The molecule has 1 atom stereocenters. The van der Waals surface area contributed by atoms with E-state index in [1.54, 1.807) is 13.1 Å². The summed E-state index contributed by atoms with van der Waals surface area (Å²) in [5.74, 6) is 2.10. The van der Waals surface area contributed by atoms with Gasteiger partial charge in [0.1, 0.15) is 5.76 Å². The predicted molar refractivity (Wildman–Crippen MR) is 70.6 cm³/mol. The van der Waals surface area contributed by atoms with Crippen LogP contribution in [0, 0.1) is 0 Å². The van der Waals surface area contributed by atoms with Crippen molar-refractivity contribution < 1.29 is 9.52 Å². The molecule has 2 rings (SSSR count). The molecule has 1 unspecified atom stereocenters. The van der Waals surface area contributed by atoms with Crippen LogP contribution in [0.2, 0.25) is 0 Å². The third-order valence-electron chi connectivity index (χ3n) is 3.68. The van der Waals surface area contributed by atoms with E-state index < -0.39 is 0 Å². The maximum atomic E-state index is 9.33. The molecule has 0 spiro atoms. The lowest BCUT2D eigenvalue weighted by Crippen LogP contribution is -2.37. The fourth-order valence-electron chi connectivity index (χ4n) is 2.56. The standard InChI is InChI=1S/C14H24N2O2/c1-10(2)16-6-4-12(5-7-16)14-15-9-13(18-14)8-11(3)17/h9-12,17H,4-8H2,1-3H3. The summed E-state index contributed by atoms with van der Waals surface area (Å²) in [6.45, 7) is 8.49. The first-order valence-corrected chi connectivity index (χ1v) is 6.93. The molecule has 0 aliphatic carbocycles. The molecule has 0 saturated carbocycles. The number of piperidine rings is 1. The van der Waals surface area contributed by atoms with Crippen molar-refractivity contribution in [3.8, 4) is 0 Å². The second kappa shape index (κ2) is 5.85. The molecule has 102 valence electrons. The van der Waals surface area contributed by atoms with Crippen molar-refractivity contribution in [1.82, 2.24) is 9.88 Å². The monoisotopic (exact) mass is 252 g/mol. The number of rotatable bonds is 4. The second-order valence-electron chi connectivity index (χ2n) is 5.62. The normalized spacial score (nSPS) is 20.5. The van der Waals surface area contributed by atoms with E-state index in [1.165, 1.54) is 0 Å². The van der Waals surface area contributed by atoms with E-state index in [0.717, 1.165) is 37.6 Å². The highest BCUT2D eigenvalue weighted by Gasteiger charge is 2.25. The van der Waals surface area contributed by atoms with Crippen LogP contribution in [0.15, 0.2) is 10.6 Å². The zero-order valence-electron chi connectivity index (χ0n) is 11.6. The van der Waals surface area contributed by atoms with Crippen LogP contribution >= 0.6 is 0 Å². The van der Waals surface area contributed by atoms with Crippen LogP contribution in [0.1, 0.15) is 51.2 Å². The van der Waals surface area contributed by atoms with Crippen molar-refractivity contribution in [3.63, 3.8) is 0 Å². The van der Waals surface area contributed by atoms with Crippen LogP contribution in [0.25, 0.3) is 0 Å². The molecule has 4 nitrogen and oxygen atoms in total. The number of hydrogen-bond acceptors (Lipinski definition) is 4. The molecule has 1 aliphatic rings. The Bertz CT molecular complexity index is 366. The zero-order valence-corrected chi connectivity index (χ0v) is 11.6. The van der Waals surface area contributed by atoms with Crippen molar-refractivity contribution in [3.05, 3.63) is 17.8 Å². The van der Waals surface area contributed by atoms with Gasteiger partial charge in [0, 0.05) is 18.4 Å². The lowest BCUT2D eigenvalue weighted by molar-refractivity contribution is 0.160. The van der Waals surface area contributed by atoms with Crippen molar-refractivity contribution >= 4 is 0 Å². The molecule has 0 radical (unpaired) electrons. The van der Waals surface area contributed by atoms with Gasteiger partial charge in [0.2, 0.25) is 0 Å². The van der Waals surface area contributed by atoms with Gasteiger partial charge in [0.15, 0.2) is 5.89 Å². The Balaban J connectivity index is 1.91. The molecule has 0 amide bonds. The number of likely N-dealkylation sites (tertiary alicyclic amines) is 1. The Morgan fingerprint density at radius 3 is 2.61 bits per heavy atom. The number of aliphatic hydroxyl groups is 1. The number of hydrogen-bond donors (Lipinski definition) is 1. The molecule has 0 aromatic carbocycles. The van der Waals surface area contributed by atoms with E-state index in [-0.39, 0.29) is 6.10 Å². The zero-order chi connectivity index (χ0) is 13.1. The van der Waals surface area contributed by atoms with E-state index in [1.807, 2.05) is 0 Å². The van der Waals surface area contributed by atoms with Crippen molar-refractivity contribution in [1.29, 1.82) is 0 Å². The molecule has 1 aromatic rings. The van der Waals surface area contributed by atoms with E-state index in [2.05, 4.69) is 23.7 Å². The van der Waals surface area contributed by atoms with Gasteiger partial charge in [-0.05, 0) is 46.7 Å². The van der Waals surface area contributed by atoms with Crippen molar-refractivity contribution in [2.45, 2.75) is 58.1 Å². The molecule has 2 heterocycles. The van der Waals surface area contributed by atoms with Crippen LogP contribution in [0.5, 0.6) is 0 Å². The highest BCUT2D eigenvalue weighted by Crippen LogP contribution is 2.28. The number of oxazole rings is 1. The first kappa shape index (κ1) is 13.6. The smallest absolute Gasteiger partial charge is 0.197 e. The first-order chi connectivity index (χ1) is 8.56. The molecule has 0 bridgehead atoms. The number of nitrogens with zero attached hydrogens (tertiary/aromatic N) is 2. The Kier molecular flexibility index (Phi) is 4.40. The lowest BCUT2D eigenvalue weighted by Gasteiger charge is -2.33. The quantitative estimate of drug-likeness (QED) is 0.892. The molecule has 1 aromatic heterocycles. The summed E-state index contributed by atoms with van der Waals surface area (Å²) in [4.78, 5) is 6.86. The van der Waals surface area contributed by atoms with Gasteiger partial charge in [-0.3, -0.25) is 0 Å². The van der Waals surface area contributed by atoms with Gasteiger partial charge in [0.25, 0.3) is 0 Å². The highest BCUT2D eigenvalue weighted by molar-refractivity contribution is 5.01. The average molecular weight is 252 g/mol. The molecular formula is C14H24N2O2. The fourth-order valence-corrected chi connectivity index (χ4v) is 2.56. The number of aromatic nitrogens is 1. The average Bonchev–Trinajstić information content (AvgIpc) is 2.76. The Hall–Kier alpha value is -0.870.